The fourth-order valence-electron chi connectivity index (χ4n) is 2.15. The highest BCUT2D eigenvalue weighted by molar-refractivity contribution is 7.13. The smallest absolute Gasteiger partial charge is 0.142 e. The molecule has 4 heteroatoms. The van der Waals surface area contributed by atoms with Crippen molar-refractivity contribution in [1.29, 1.82) is 5.26 Å². The molecule has 0 spiro atoms. The Hall–Kier alpha value is -2.64. The molecule has 0 fully saturated rings. The largest absolute Gasteiger partial charge is 0.383 e. The van der Waals surface area contributed by atoms with Gasteiger partial charge in [-0.05, 0) is 17.0 Å². The van der Waals surface area contributed by atoms with E-state index in [1.807, 2.05) is 47.8 Å². The predicted molar refractivity (Wildman–Crippen MR) is 82.1 cm³/mol. The lowest BCUT2D eigenvalue weighted by Gasteiger charge is -2.11. The third-order valence-corrected chi connectivity index (χ3v) is 3.96. The van der Waals surface area contributed by atoms with Gasteiger partial charge in [-0.2, -0.15) is 5.26 Å². The Morgan fingerprint density at radius 2 is 1.90 bits per heavy atom. The zero-order valence-corrected chi connectivity index (χ0v) is 11.4. The van der Waals surface area contributed by atoms with Crippen molar-refractivity contribution in [2.45, 2.75) is 0 Å². The summed E-state index contributed by atoms with van der Waals surface area (Å²) >= 11 is 1.59. The first-order chi connectivity index (χ1) is 9.81. The average Bonchev–Trinajstić information content (AvgIpc) is 3.01. The maximum absolute atomic E-state index is 9.40. The van der Waals surface area contributed by atoms with Gasteiger partial charge in [0.1, 0.15) is 17.5 Å². The molecule has 0 saturated carbocycles. The van der Waals surface area contributed by atoms with Gasteiger partial charge in [-0.1, -0.05) is 36.4 Å². The zero-order chi connectivity index (χ0) is 13.9. The van der Waals surface area contributed by atoms with E-state index in [9.17, 15) is 5.26 Å². The minimum Gasteiger partial charge on any atom is -0.383 e. The molecule has 2 aromatic heterocycles. The highest BCUT2D eigenvalue weighted by atomic mass is 32.1. The van der Waals surface area contributed by atoms with Crippen LogP contribution in [0, 0.1) is 11.3 Å². The number of anilines is 1. The summed E-state index contributed by atoms with van der Waals surface area (Å²) in [6, 6.07) is 16.0. The second-order valence-corrected chi connectivity index (χ2v) is 5.21. The summed E-state index contributed by atoms with van der Waals surface area (Å²) in [5.41, 5.74) is 9.11. The molecule has 0 unspecified atom stereocenters. The monoisotopic (exact) mass is 277 g/mol. The van der Waals surface area contributed by atoms with Crippen molar-refractivity contribution in [3.63, 3.8) is 0 Å². The second-order valence-electron chi connectivity index (χ2n) is 4.26. The Morgan fingerprint density at radius 3 is 2.55 bits per heavy atom. The lowest BCUT2D eigenvalue weighted by molar-refractivity contribution is 1.31. The molecule has 3 rings (SSSR count). The van der Waals surface area contributed by atoms with Crippen molar-refractivity contribution in [1.82, 2.24) is 4.98 Å². The number of thiophene rings is 1. The zero-order valence-electron chi connectivity index (χ0n) is 10.6. The first-order valence-corrected chi connectivity index (χ1v) is 6.97. The van der Waals surface area contributed by atoms with Gasteiger partial charge >= 0.3 is 0 Å². The number of hydrogen-bond donors (Lipinski definition) is 1. The van der Waals surface area contributed by atoms with E-state index in [0.29, 0.717) is 5.56 Å². The van der Waals surface area contributed by atoms with Gasteiger partial charge in [-0.25, -0.2) is 4.98 Å². The fourth-order valence-corrected chi connectivity index (χ4v) is 2.94. The van der Waals surface area contributed by atoms with Crippen LogP contribution in [0.5, 0.6) is 0 Å². The third kappa shape index (κ3) is 2.04. The van der Waals surface area contributed by atoms with Crippen molar-refractivity contribution in [2.24, 2.45) is 0 Å². The molecule has 2 heterocycles. The summed E-state index contributed by atoms with van der Waals surface area (Å²) in [6.07, 6.45) is 1.74. The normalized spacial score (nSPS) is 10.2. The Kier molecular flexibility index (Phi) is 3.20. The number of pyridine rings is 1. The molecule has 2 N–H and O–H groups in total. The molecule has 0 radical (unpaired) electrons. The molecule has 0 aliphatic heterocycles. The van der Waals surface area contributed by atoms with E-state index in [1.165, 1.54) is 0 Å². The first kappa shape index (κ1) is 12.4. The Labute approximate surface area is 121 Å². The molecule has 0 amide bonds. The Balaban J connectivity index is 2.34. The van der Waals surface area contributed by atoms with Crippen molar-refractivity contribution in [2.75, 3.05) is 5.73 Å². The van der Waals surface area contributed by atoms with Crippen molar-refractivity contribution >= 4 is 17.2 Å². The van der Waals surface area contributed by atoms with Crippen LogP contribution in [0.1, 0.15) is 5.56 Å². The number of aromatic nitrogens is 1. The topological polar surface area (TPSA) is 62.7 Å². The van der Waals surface area contributed by atoms with Gasteiger partial charge in [0.25, 0.3) is 0 Å². The van der Waals surface area contributed by atoms with E-state index in [-0.39, 0.29) is 5.82 Å². The number of benzene rings is 1. The van der Waals surface area contributed by atoms with E-state index >= 15 is 0 Å². The highest BCUT2D eigenvalue weighted by Crippen LogP contribution is 2.38. The molecular weight excluding hydrogens is 266 g/mol. The van der Waals surface area contributed by atoms with Gasteiger partial charge in [0.15, 0.2) is 0 Å². The van der Waals surface area contributed by atoms with Crippen molar-refractivity contribution < 1.29 is 0 Å². The molecule has 96 valence electrons. The molecule has 3 aromatic rings. The van der Waals surface area contributed by atoms with Gasteiger partial charge in [0.05, 0.1) is 0 Å². The van der Waals surface area contributed by atoms with Gasteiger partial charge in [-0.15, -0.1) is 11.3 Å². The average molecular weight is 277 g/mol. The Bertz CT molecular complexity index is 771. The molecule has 0 atom stereocenters. The lowest BCUT2D eigenvalue weighted by Crippen LogP contribution is -1.98. The van der Waals surface area contributed by atoms with E-state index in [2.05, 4.69) is 11.1 Å². The number of nitrogens with two attached hydrogens (primary N) is 1. The molecule has 0 aliphatic rings. The van der Waals surface area contributed by atoms with E-state index in [0.717, 1.165) is 21.6 Å². The van der Waals surface area contributed by atoms with Crippen LogP contribution in [-0.4, -0.2) is 4.98 Å². The first-order valence-electron chi connectivity index (χ1n) is 6.09. The molecule has 0 bridgehead atoms. The SMILES string of the molecule is N#Cc1c(N)ncc(-c2ccccc2)c1-c1cccs1. The van der Waals surface area contributed by atoms with Gasteiger partial charge in [-0.3, -0.25) is 0 Å². The number of rotatable bonds is 2. The minimum atomic E-state index is 0.274. The maximum atomic E-state index is 9.40. The summed E-state index contributed by atoms with van der Waals surface area (Å²) < 4.78 is 0. The van der Waals surface area contributed by atoms with Gasteiger partial charge in [0, 0.05) is 22.2 Å². The molecular formula is C16H11N3S. The summed E-state index contributed by atoms with van der Waals surface area (Å²) in [4.78, 5) is 5.18. The van der Waals surface area contributed by atoms with Crippen LogP contribution in [0.15, 0.2) is 54.0 Å². The molecule has 1 aromatic carbocycles. The van der Waals surface area contributed by atoms with Gasteiger partial charge in [0.2, 0.25) is 0 Å². The van der Waals surface area contributed by atoms with E-state index in [1.54, 1.807) is 17.5 Å². The highest BCUT2D eigenvalue weighted by Gasteiger charge is 2.16. The Morgan fingerprint density at radius 1 is 1.10 bits per heavy atom. The number of nitrogen functional groups attached to an aromatic ring is 1. The summed E-state index contributed by atoms with van der Waals surface area (Å²) in [6.45, 7) is 0. The third-order valence-electron chi connectivity index (χ3n) is 3.07. The van der Waals surface area contributed by atoms with Crippen molar-refractivity contribution in [3.8, 4) is 27.6 Å². The van der Waals surface area contributed by atoms with Crippen LogP contribution in [0.4, 0.5) is 5.82 Å². The van der Waals surface area contributed by atoms with Crippen LogP contribution in [0.25, 0.3) is 21.6 Å². The molecule has 0 saturated heterocycles. The summed E-state index contributed by atoms with van der Waals surface area (Å²) in [7, 11) is 0. The number of nitriles is 1. The van der Waals surface area contributed by atoms with Crippen LogP contribution >= 0.6 is 11.3 Å². The number of hydrogen-bond acceptors (Lipinski definition) is 4. The maximum Gasteiger partial charge on any atom is 0.142 e. The van der Waals surface area contributed by atoms with Gasteiger partial charge < -0.3 is 5.73 Å². The molecule has 0 aliphatic carbocycles. The fraction of sp³-hybridized carbons (Fsp3) is 0. The summed E-state index contributed by atoms with van der Waals surface area (Å²) in [5, 5.41) is 11.4. The second kappa shape index (κ2) is 5.16. The molecule has 3 nitrogen and oxygen atoms in total. The van der Waals surface area contributed by atoms with Crippen LogP contribution in [-0.2, 0) is 0 Å². The predicted octanol–water partition coefficient (Wildman–Crippen LogP) is 3.93. The van der Waals surface area contributed by atoms with E-state index in [4.69, 9.17) is 5.73 Å². The lowest BCUT2D eigenvalue weighted by atomic mass is 9.97. The summed E-state index contributed by atoms with van der Waals surface area (Å²) in [5.74, 6) is 0.274. The minimum absolute atomic E-state index is 0.274. The van der Waals surface area contributed by atoms with Crippen LogP contribution < -0.4 is 5.73 Å². The van der Waals surface area contributed by atoms with Crippen LogP contribution in [0.2, 0.25) is 0 Å². The van der Waals surface area contributed by atoms with Crippen molar-refractivity contribution in [3.05, 3.63) is 59.6 Å². The van der Waals surface area contributed by atoms with E-state index < -0.39 is 0 Å². The molecule has 20 heavy (non-hydrogen) atoms. The number of nitrogens with zero attached hydrogens (tertiary/aromatic N) is 2. The standard InChI is InChI=1S/C16H11N3S/c17-9-12-15(14-7-4-8-20-14)13(10-19-16(12)18)11-5-2-1-3-6-11/h1-8,10H,(H2,18,19). The van der Waals surface area contributed by atoms with Crippen LogP contribution in [0.3, 0.4) is 0 Å². The quantitative estimate of drug-likeness (QED) is 0.772.